The molecule has 126 valence electrons. The second kappa shape index (κ2) is 8.71. The molecule has 1 rings (SSSR count). The Balaban J connectivity index is 2.77. The third-order valence-electron chi connectivity index (χ3n) is 4.32. The minimum absolute atomic E-state index is 0.286. The molecule has 23 heavy (non-hydrogen) atoms. The molecule has 0 saturated carbocycles. The van der Waals surface area contributed by atoms with E-state index in [9.17, 15) is 5.21 Å². The van der Waals surface area contributed by atoms with E-state index in [1.807, 2.05) is 19.1 Å². The van der Waals surface area contributed by atoms with Crippen molar-refractivity contribution in [2.45, 2.75) is 53.9 Å². The summed E-state index contributed by atoms with van der Waals surface area (Å²) in [6.07, 6.45) is 17.7. The molecule has 0 unspecified atom stereocenters. The highest BCUT2D eigenvalue weighted by molar-refractivity contribution is 5.68. The minimum Gasteiger partial charge on any atom is -0.624 e. The van der Waals surface area contributed by atoms with Crippen molar-refractivity contribution in [3.63, 3.8) is 0 Å². The molecule has 0 saturated heterocycles. The largest absolute Gasteiger partial charge is 0.624 e. The van der Waals surface area contributed by atoms with Crippen LogP contribution >= 0.6 is 0 Å². The first-order valence-corrected chi connectivity index (χ1v) is 8.37. The maximum Gasteiger partial charge on any atom is 0.174 e. The number of hydrogen-bond acceptors (Lipinski definition) is 1. The zero-order valence-electron chi connectivity index (χ0n) is 15.5. The van der Waals surface area contributed by atoms with Gasteiger partial charge in [-0.05, 0) is 56.6 Å². The van der Waals surface area contributed by atoms with Gasteiger partial charge in [0, 0.05) is 6.08 Å². The monoisotopic (exact) mass is 313 g/mol. The quantitative estimate of drug-likeness (QED) is 0.209. The Hall–Kier alpha value is -1.83. The number of allylic oxidation sites excluding steroid dienone is 10. The van der Waals surface area contributed by atoms with Crippen LogP contribution in [-0.4, -0.2) is 18.0 Å². The summed E-state index contributed by atoms with van der Waals surface area (Å²) in [6.45, 7) is 11.0. The van der Waals surface area contributed by atoms with E-state index in [0.717, 1.165) is 10.3 Å². The Morgan fingerprint density at radius 1 is 1.13 bits per heavy atom. The normalized spacial score (nSPS) is 20.9. The summed E-state index contributed by atoms with van der Waals surface area (Å²) < 4.78 is 0.795. The van der Waals surface area contributed by atoms with E-state index in [2.05, 4.69) is 45.9 Å². The number of rotatable bonds is 5. The lowest BCUT2D eigenvalue weighted by Gasteiger charge is -2.32. The highest BCUT2D eigenvalue weighted by atomic mass is 16.5. The Labute approximate surface area is 141 Å². The van der Waals surface area contributed by atoms with Crippen LogP contribution in [0.3, 0.4) is 0 Å². The molecule has 0 bridgehead atoms. The average Bonchev–Trinajstić information content (AvgIpc) is 2.44. The number of hydroxylamine groups is 1. The van der Waals surface area contributed by atoms with Gasteiger partial charge in [0.05, 0.1) is 0 Å². The number of hydrogen-bond donors (Lipinski definition) is 0. The topological polar surface area (TPSA) is 26.1 Å². The van der Waals surface area contributed by atoms with Gasteiger partial charge in [-0.2, -0.15) is 0 Å². The zero-order chi connectivity index (χ0) is 17.5. The van der Waals surface area contributed by atoms with Gasteiger partial charge in [-0.1, -0.05) is 55.4 Å². The van der Waals surface area contributed by atoms with Crippen LogP contribution in [0.15, 0.2) is 58.7 Å². The smallest absolute Gasteiger partial charge is 0.174 e. The molecular weight excluding hydrogens is 282 g/mol. The van der Waals surface area contributed by atoms with Gasteiger partial charge < -0.3 is 5.21 Å². The molecule has 0 fully saturated rings. The highest BCUT2D eigenvalue weighted by Gasteiger charge is 2.26. The fraction of sp³-hybridized carbons (Fsp3) is 0.476. The lowest BCUT2D eigenvalue weighted by Crippen LogP contribution is -2.19. The molecule has 0 atom stereocenters. The summed E-state index contributed by atoms with van der Waals surface area (Å²) >= 11 is 0. The lowest BCUT2D eigenvalue weighted by atomic mass is 9.72. The van der Waals surface area contributed by atoms with Crippen LogP contribution < -0.4 is 0 Å². The standard InChI is InChI=1S/C21H31NO/c1-17(9-7-10-18(2)14-16-22(6)23)12-13-20-19(3)11-8-15-21(20,4)5/h7,9-10,12-14,16H,8,11,15H2,1-6H3/b10-7+,13-12+,17-9+,18-14-,22-16-. The molecule has 2 nitrogen and oxygen atoms in total. The molecule has 0 aromatic carbocycles. The van der Waals surface area contributed by atoms with E-state index >= 15 is 0 Å². The second-order valence-electron chi connectivity index (χ2n) is 7.14. The Morgan fingerprint density at radius 2 is 1.78 bits per heavy atom. The minimum atomic E-state index is 0.286. The molecule has 1 aliphatic carbocycles. The summed E-state index contributed by atoms with van der Waals surface area (Å²) in [5, 5.41) is 10.8. The second-order valence-corrected chi connectivity index (χ2v) is 7.14. The predicted octanol–water partition coefficient (Wildman–Crippen LogP) is 5.73. The molecule has 0 aliphatic heterocycles. The molecular formula is C21H31NO. The molecule has 0 amide bonds. The van der Waals surface area contributed by atoms with E-state index in [-0.39, 0.29) is 5.41 Å². The van der Waals surface area contributed by atoms with Crippen molar-refractivity contribution in [1.29, 1.82) is 0 Å². The van der Waals surface area contributed by atoms with Gasteiger partial charge in [0.15, 0.2) is 6.21 Å². The third kappa shape index (κ3) is 6.85. The SMILES string of the molecule is CC1=C(/C=C/C(C)=C/C=C/C(C)=C\C=[N+](\C)[O-])C(C)(C)CCC1. The van der Waals surface area contributed by atoms with E-state index in [1.54, 1.807) is 6.08 Å². The maximum atomic E-state index is 10.8. The summed E-state index contributed by atoms with van der Waals surface area (Å²) in [6, 6.07) is 0. The Morgan fingerprint density at radius 3 is 2.39 bits per heavy atom. The highest BCUT2D eigenvalue weighted by Crippen LogP contribution is 2.40. The van der Waals surface area contributed by atoms with Crippen molar-refractivity contribution < 1.29 is 4.74 Å². The van der Waals surface area contributed by atoms with Gasteiger partial charge in [-0.25, -0.2) is 4.74 Å². The van der Waals surface area contributed by atoms with Gasteiger partial charge >= 0.3 is 0 Å². The first-order valence-electron chi connectivity index (χ1n) is 8.37. The molecule has 0 heterocycles. The van der Waals surface area contributed by atoms with Gasteiger partial charge in [-0.3, -0.25) is 0 Å². The van der Waals surface area contributed by atoms with Crippen LogP contribution in [0.1, 0.15) is 53.9 Å². The first-order chi connectivity index (χ1) is 10.7. The Bertz CT molecular complexity index is 591. The van der Waals surface area contributed by atoms with Gasteiger partial charge in [0.1, 0.15) is 7.05 Å². The van der Waals surface area contributed by atoms with E-state index in [1.165, 1.54) is 49.2 Å². The van der Waals surface area contributed by atoms with Crippen molar-refractivity contribution >= 4 is 6.21 Å². The van der Waals surface area contributed by atoms with Crippen LogP contribution in [-0.2, 0) is 0 Å². The molecule has 0 N–H and O–H groups in total. The van der Waals surface area contributed by atoms with Crippen LogP contribution in [0, 0.1) is 10.6 Å². The van der Waals surface area contributed by atoms with E-state index in [4.69, 9.17) is 0 Å². The number of nitrogens with zero attached hydrogens (tertiary/aromatic N) is 1. The van der Waals surface area contributed by atoms with Crippen LogP contribution in [0.5, 0.6) is 0 Å². The first kappa shape index (κ1) is 19.2. The molecule has 0 aromatic rings. The van der Waals surface area contributed by atoms with Gasteiger partial charge in [-0.15, -0.1) is 0 Å². The van der Waals surface area contributed by atoms with Crippen molar-refractivity contribution in [2.24, 2.45) is 5.41 Å². The third-order valence-corrected chi connectivity index (χ3v) is 4.32. The summed E-state index contributed by atoms with van der Waals surface area (Å²) in [5.74, 6) is 0. The molecule has 1 aliphatic rings. The fourth-order valence-corrected chi connectivity index (χ4v) is 2.91. The van der Waals surface area contributed by atoms with Crippen molar-refractivity contribution in [3.05, 3.63) is 64.0 Å². The van der Waals surface area contributed by atoms with Crippen LogP contribution in [0.2, 0.25) is 0 Å². The summed E-state index contributed by atoms with van der Waals surface area (Å²) in [7, 11) is 1.48. The predicted molar refractivity (Wildman–Crippen MR) is 102 cm³/mol. The summed E-state index contributed by atoms with van der Waals surface area (Å²) in [5.41, 5.74) is 5.57. The van der Waals surface area contributed by atoms with Crippen molar-refractivity contribution in [1.82, 2.24) is 0 Å². The van der Waals surface area contributed by atoms with Gasteiger partial charge in [0.2, 0.25) is 0 Å². The zero-order valence-corrected chi connectivity index (χ0v) is 15.5. The van der Waals surface area contributed by atoms with Gasteiger partial charge in [0.25, 0.3) is 0 Å². The molecule has 0 spiro atoms. The van der Waals surface area contributed by atoms with E-state index in [0.29, 0.717) is 0 Å². The van der Waals surface area contributed by atoms with Crippen LogP contribution in [0.4, 0.5) is 0 Å². The average molecular weight is 313 g/mol. The van der Waals surface area contributed by atoms with Crippen molar-refractivity contribution in [2.75, 3.05) is 7.05 Å². The maximum absolute atomic E-state index is 10.8. The molecule has 2 heteroatoms. The molecule has 0 radical (unpaired) electrons. The van der Waals surface area contributed by atoms with Crippen molar-refractivity contribution in [3.8, 4) is 0 Å². The Kier molecular flexibility index (Phi) is 7.28. The fourth-order valence-electron chi connectivity index (χ4n) is 2.91. The summed E-state index contributed by atoms with van der Waals surface area (Å²) in [4.78, 5) is 0. The van der Waals surface area contributed by atoms with Crippen LogP contribution in [0.25, 0.3) is 0 Å². The van der Waals surface area contributed by atoms with E-state index < -0.39 is 0 Å². The molecule has 0 aromatic heterocycles. The lowest BCUT2D eigenvalue weighted by molar-refractivity contribution is -0.416.